The summed E-state index contributed by atoms with van der Waals surface area (Å²) in [6, 6.07) is 0. The smallest absolute Gasteiger partial charge is 0.381 e. The number of amides is 1. The summed E-state index contributed by atoms with van der Waals surface area (Å²) in [5, 5.41) is 2.63. The third-order valence-corrected chi connectivity index (χ3v) is 13.6. The van der Waals surface area contributed by atoms with Crippen molar-refractivity contribution in [2.45, 2.75) is 104 Å². The van der Waals surface area contributed by atoms with Crippen LogP contribution in [0, 0.1) is 46.3 Å². The van der Waals surface area contributed by atoms with Crippen LogP contribution in [0.15, 0.2) is 0 Å². The van der Waals surface area contributed by atoms with Crippen LogP contribution < -0.4 is 5.32 Å². The van der Waals surface area contributed by atoms with Gasteiger partial charge in [-0.05, 0) is 111 Å². The Bertz CT molecular complexity index is 1120. The largest absolute Gasteiger partial charge is 0.471 e. The monoisotopic (exact) mass is 651 g/mol. The first-order valence-corrected chi connectivity index (χ1v) is 19.2. The van der Waals surface area contributed by atoms with E-state index in [9.17, 15) is 17.8 Å². The highest BCUT2D eigenvalue weighted by Gasteiger charge is 2.63. The van der Waals surface area contributed by atoms with Gasteiger partial charge in [-0.3, -0.25) is 9.32 Å². The molecule has 4 aliphatic rings. The van der Waals surface area contributed by atoms with E-state index in [0.717, 1.165) is 32.3 Å². The van der Waals surface area contributed by atoms with Gasteiger partial charge in [-0.15, -0.1) is 0 Å². The summed E-state index contributed by atoms with van der Waals surface area (Å²) in [4.78, 5) is 29.8. The van der Waals surface area contributed by atoms with Crippen molar-refractivity contribution in [3.8, 4) is 0 Å². The summed E-state index contributed by atoms with van der Waals surface area (Å²) >= 11 is 0. The number of fused-ring (bicyclic) bond motifs is 5. The second-order valence-corrected chi connectivity index (χ2v) is 17.1. The first-order valence-electron chi connectivity index (χ1n) is 16.1. The number of ether oxygens (including phenoxy) is 2. The molecule has 250 valence electrons. The molecule has 0 aromatic rings. The molecule has 0 aliphatic heterocycles. The molecule has 0 saturated heterocycles. The molecule has 13 heteroatoms. The molecular formula is C30H54NO10PS. The minimum absolute atomic E-state index is 0.151. The topological polar surface area (TPSA) is 158 Å². The maximum atomic E-state index is 12.6. The van der Waals surface area contributed by atoms with Crippen LogP contribution in [0.4, 0.5) is 0 Å². The van der Waals surface area contributed by atoms with E-state index >= 15 is 0 Å². The molecule has 1 amide bonds. The lowest BCUT2D eigenvalue weighted by atomic mass is 9.43. The molecule has 4 saturated carbocycles. The van der Waals surface area contributed by atoms with Crippen LogP contribution in [0.25, 0.3) is 0 Å². The van der Waals surface area contributed by atoms with E-state index in [1.165, 1.54) is 32.1 Å². The predicted octanol–water partition coefficient (Wildman–Crippen LogP) is 4.62. The molecule has 10 atom stereocenters. The van der Waals surface area contributed by atoms with Crippen molar-refractivity contribution < 1.29 is 45.7 Å². The molecule has 0 aromatic carbocycles. The van der Waals surface area contributed by atoms with Crippen molar-refractivity contribution in [3.63, 3.8) is 0 Å². The summed E-state index contributed by atoms with van der Waals surface area (Å²) in [6.07, 6.45) is 11.2. The molecule has 4 rings (SSSR count). The van der Waals surface area contributed by atoms with E-state index in [1.54, 1.807) is 0 Å². The zero-order valence-corrected chi connectivity index (χ0v) is 28.2. The van der Waals surface area contributed by atoms with Gasteiger partial charge in [0.1, 0.15) is 0 Å². The van der Waals surface area contributed by atoms with Crippen LogP contribution in [0.5, 0.6) is 0 Å². The van der Waals surface area contributed by atoms with Crippen LogP contribution in [-0.2, 0) is 37.7 Å². The zero-order chi connectivity index (χ0) is 31.6. The van der Waals surface area contributed by atoms with Gasteiger partial charge in [0.15, 0.2) is 6.79 Å². The highest BCUT2D eigenvalue weighted by atomic mass is 32.2. The molecule has 0 aromatic heterocycles. The zero-order valence-electron chi connectivity index (χ0n) is 26.5. The Kier molecular flexibility index (Phi) is 11.5. The molecule has 10 unspecified atom stereocenters. The second-order valence-electron chi connectivity index (χ2n) is 14.1. The number of phosphoric acid groups is 1. The van der Waals surface area contributed by atoms with Gasteiger partial charge in [-0.25, -0.2) is 8.75 Å². The minimum Gasteiger partial charge on any atom is -0.381 e. The second kappa shape index (κ2) is 14.0. The van der Waals surface area contributed by atoms with Gasteiger partial charge in [-0.2, -0.15) is 8.42 Å². The Morgan fingerprint density at radius 1 is 1.07 bits per heavy atom. The molecule has 0 radical (unpaired) electrons. The molecule has 0 bridgehead atoms. The average Bonchev–Trinajstić information content (AvgIpc) is 3.28. The summed E-state index contributed by atoms with van der Waals surface area (Å²) < 4.78 is 55.2. The number of carbonyl (C=O) groups excluding carboxylic acids is 1. The Hall–Kier alpha value is -0.590. The Balaban J connectivity index is 1.32. The van der Waals surface area contributed by atoms with Crippen molar-refractivity contribution in [1.29, 1.82) is 0 Å². The number of hydrogen-bond donors (Lipinski definition) is 3. The fourth-order valence-corrected chi connectivity index (χ4v) is 10.8. The minimum atomic E-state index is -4.83. The fourth-order valence-electron chi connectivity index (χ4n) is 9.92. The quantitative estimate of drug-likeness (QED) is 0.138. The van der Waals surface area contributed by atoms with Crippen LogP contribution in [0.2, 0.25) is 0 Å². The molecule has 43 heavy (non-hydrogen) atoms. The van der Waals surface area contributed by atoms with Crippen molar-refractivity contribution in [2.24, 2.45) is 46.3 Å². The van der Waals surface area contributed by atoms with E-state index in [2.05, 4.69) is 41.7 Å². The standard InChI is InChI=1S/C30H54NO10PS/c1-6-39-26-18-21-17-22(38-5)11-13-29(21,3)25-12-14-30(4)23(8-9-24(30)28(25)26)20(2)7-10-27(32)31-15-16-43(36,37)41-19-40-42(33,34)35/h20-26,28H,6-19H2,1-5H3,(H,31,32)(H2,33,34,35). The highest BCUT2D eigenvalue weighted by molar-refractivity contribution is 7.86. The van der Waals surface area contributed by atoms with E-state index in [0.29, 0.717) is 59.6 Å². The maximum Gasteiger partial charge on any atom is 0.471 e. The van der Waals surface area contributed by atoms with Crippen LogP contribution in [0.3, 0.4) is 0 Å². The highest BCUT2D eigenvalue weighted by Crippen LogP contribution is 2.68. The molecule has 4 aliphatic carbocycles. The first-order chi connectivity index (χ1) is 20.1. The normalized spacial score (nSPS) is 38.5. The van der Waals surface area contributed by atoms with Crippen LogP contribution >= 0.6 is 7.82 Å². The summed E-state index contributed by atoms with van der Waals surface area (Å²) in [6.45, 7) is 8.97. The summed E-state index contributed by atoms with van der Waals surface area (Å²) in [5.41, 5.74) is 0.571. The number of methoxy groups -OCH3 is 1. The van der Waals surface area contributed by atoms with Crippen molar-refractivity contribution in [3.05, 3.63) is 0 Å². The Morgan fingerprint density at radius 2 is 1.77 bits per heavy atom. The molecule has 3 N–H and O–H groups in total. The Morgan fingerprint density at radius 3 is 2.44 bits per heavy atom. The van der Waals surface area contributed by atoms with E-state index in [1.807, 2.05) is 7.11 Å². The fraction of sp³-hybridized carbons (Fsp3) is 0.967. The van der Waals surface area contributed by atoms with Crippen LogP contribution in [0.1, 0.15) is 91.9 Å². The lowest BCUT2D eigenvalue weighted by Crippen LogP contribution is -2.59. The van der Waals surface area contributed by atoms with Gasteiger partial charge in [-0.1, -0.05) is 20.8 Å². The van der Waals surface area contributed by atoms with Gasteiger partial charge >= 0.3 is 7.82 Å². The SMILES string of the molecule is CCOC1CC2CC(OC)CCC2(C)C2CCC3(C)C(C(C)CCC(=O)NCCS(=O)(=O)OCOP(=O)(O)O)CCC3C12. The molecule has 0 heterocycles. The molecule has 4 fully saturated rings. The predicted molar refractivity (Wildman–Crippen MR) is 161 cm³/mol. The van der Waals surface area contributed by atoms with Gasteiger partial charge < -0.3 is 24.6 Å². The third-order valence-electron chi connectivity index (χ3n) is 12.0. The van der Waals surface area contributed by atoms with Crippen molar-refractivity contribution in [2.75, 3.05) is 32.8 Å². The third kappa shape index (κ3) is 8.05. The number of phosphoric ester groups is 1. The van der Waals surface area contributed by atoms with Crippen molar-refractivity contribution >= 4 is 23.8 Å². The maximum absolute atomic E-state index is 12.6. The average molecular weight is 652 g/mol. The number of rotatable bonds is 14. The van der Waals surface area contributed by atoms with Gasteiger partial charge in [0, 0.05) is 26.7 Å². The molecule has 0 spiro atoms. The number of hydrogen-bond acceptors (Lipinski definition) is 8. The number of nitrogens with one attached hydrogen (secondary N) is 1. The lowest BCUT2D eigenvalue weighted by molar-refractivity contribution is -0.189. The van der Waals surface area contributed by atoms with E-state index < -0.39 is 30.5 Å². The van der Waals surface area contributed by atoms with E-state index in [-0.39, 0.29) is 17.9 Å². The Labute approximate surface area is 257 Å². The molecular weight excluding hydrogens is 597 g/mol. The molecule has 11 nitrogen and oxygen atoms in total. The van der Waals surface area contributed by atoms with E-state index in [4.69, 9.17) is 19.3 Å². The number of carbonyl (C=O) groups is 1. The first kappa shape index (κ1) is 35.3. The van der Waals surface area contributed by atoms with Crippen molar-refractivity contribution in [1.82, 2.24) is 5.32 Å². The van der Waals surface area contributed by atoms with Gasteiger partial charge in [0.05, 0.1) is 18.0 Å². The van der Waals surface area contributed by atoms with Crippen LogP contribution in [-0.4, -0.2) is 69.1 Å². The van der Waals surface area contributed by atoms with Gasteiger partial charge in [0.2, 0.25) is 5.91 Å². The summed E-state index contributed by atoms with van der Waals surface area (Å²) in [7, 11) is -7.08. The van der Waals surface area contributed by atoms with Gasteiger partial charge in [0.25, 0.3) is 10.1 Å². The summed E-state index contributed by atoms with van der Waals surface area (Å²) in [5.74, 6) is 2.70. The lowest BCUT2D eigenvalue weighted by Gasteiger charge is -2.63.